The van der Waals surface area contributed by atoms with Gasteiger partial charge in [-0.3, -0.25) is 0 Å². The van der Waals surface area contributed by atoms with Crippen LogP contribution in [0.4, 0.5) is 0 Å². The second-order valence-electron chi connectivity index (χ2n) is 6.92. The number of phenolic OH excluding ortho intramolecular Hbond substituents is 1. The van der Waals surface area contributed by atoms with E-state index in [1.165, 1.54) is 17.7 Å². The average molecular weight is 295 g/mol. The Morgan fingerprint density at radius 3 is 2.15 bits per heavy atom. The lowest BCUT2D eigenvalue weighted by molar-refractivity contribution is 0.416. The number of rotatable bonds is 7. The molecule has 0 spiro atoms. The molecule has 114 valence electrons. The van der Waals surface area contributed by atoms with Crippen LogP contribution in [-0.2, 0) is 5.41 Å². The Kier molecular flexibility index (Phi) is 6.00. The van der Waals surface area contributed by atoms with E-state index in [4.69, 9.17) is 0 Å². The fraction of sp³-hybridized carbons (Fsp3) is 0.667. The van der Waals surface area contributed by atoms with E-state index in [1.807, 2.05) is 23.9 Å². The van der Waals surface area contributed by atoms with Crippen LogP contribution in [0.15, 0.2) is 23.1 Å². The third-order valence-electron chi connectivity index (χ3n) is 3.82. The van der Waals surface area contributed by atoms with Crippen LogP contribution in [0.2, 0.25) is 0 Å². The highest BCUT2D eigenvalue weighted by Crippen LogP contribution is 2.41. The molecular formula is C18H30OS. The summed E-state index contributed by atoms with van der Waals surface area (Å²) < 4.78 is 0.248. The molecule has 1 nitrogen and oxygen atoms in total. The van der Waals surface area contributed by atoms with Gasteiger partial charge in [-0.25, -0.2) is 0 Å². The van der Waals surface area contributed by atoms with Crippen LogP contribution >= 0.6 is 11.8 Å². The minimum absolute atomic E-state index is 0.0320. The molecule has 0 heterocycles. The quantitative estimate of drug-likeness (QED) is 0.609. The van der Waals surface area contributed by atoms with Crippen molar-refractivity contribution >= 4 is 11.8 Å². The molecule has 0 aliphatic carbocycles. The minimum atomic E-state index is 0.0320. The lowest BCUT2D eigenvalue weighted by atomic mass is 9.80. The van der Waals surface area contributed by atoms with Crippen molar-refractivity contribution in [3.8, 4) is 5.75 Å². The molecule has 0 fully saturated rings. The summed E-state index contributed by atoms with van der Waals surface area (Å²) in [5, 5.41) is 10.2. The Bertz CT molecular complexity index is 435. The molecule has 0 amide bonds. The summed E-state index contributed by atoms with van der Waals surface area (Å²) in [6.07, 6.45) is 4.62. The first-order valence-electron chi connectivity index (χ1n) is 7.74. The first-order chi connectivity index (χ1) is 9.22. The van der Waals surface area contributed by atoms with Gasteiger partial charge in [0.15, 0.2) is 0 Å². The normalized spacial score (nSPS) is 12.7. The van der Waals surface area contributed by atoms with Crippen molar-refractivity contribution in [1.82, 2.24) is 0 Å². The Morgan fingerprint density at radius 1 is 1.00 bits per heavy atom. The topological polar surface area (TPSA) is 20.2 Å². The predicted molar refractivity (Wildman–Crippen MR) is 90.9 cm³/mol. The van der Waals surface area contributed by atoms with Crippen LogP contribution in [-0.4, -0.2) is 9.85 Å². The van der Waals surface area contributed by atoms with Gasteiger partial charge in [0.25, 0.3) is 0 Å². The zero-order chi connectivity index (χ0) is 15.4. The molecular weight excluding hydrogens is 264 g/mol. The third kappa shape index (κ3) is 4.73. The third-order valence-corrected chi connectivity index (χ3v) is 5.06. The van der Waals surface area contributed by atoms with E-state index in [0.29, 0.717) is 5.75 Å². The van der Waals surface area contributed by atoms with E-state index >= 15 is 0 Å². The van der Waals surface area contributed by atoms with Gasteiger partial charge >= 0.3 is 0 Å². The highest BCUT2D eigenvalue weighted by molar-refractivity contribution is 8.00. The first-order valence-corrected chi connectivity index (χ1v) is 8.56. The van der Waals surface area contributed by atoms with Crippen molar-refractivity contribution in [2.24, 2.45) is 0 Å². The molecule has 1 N–H and O–H groups in total. The van der Waals surface area contributed by atoms with Crippen LogP contribution in [0.5, 0.6) is 5.75 Å². The molecule has 0 radical (unpaired) electrons. The molecule has 0 aliphatic rings. The predicted octanol–water partition coefficient (Wildman–Crippen LogP) is 6.14. The Balaban J connectivity index is 3.03. The number of hydrogen-bond donors (Lipinski definition) is 1. The summed E-state index contributed by atoms with van der Waals surface area (Å²) in [6.45, 7) is 13.5. The lowest BCUT2D eigenvalue weighted by Crippen LogP contribution is -2.17. The summed E-state index contributed by atoms with van der Waals surface area (Å²) in [4.78, 5) is 1.26. The largest absolute Gasteiger partial charge is 0.508 e. The number of aromatic hydroxyl groups is 1. The molecule has 0 saturated heterocycles. The summed E-state index contributed by atoms with van der Waals surface area (Å²) in [7, 11) is 0. The van der Waals surface area contributed by atoms with E-state index in [1.54, 1.807) is 0 Å². The highest BCUT2D eigenvalue weighted by Gasteiger charge is 2.25. The second-order valence-corrected chi connectivity index (χ2v) is 8.71. The van der Waals surface area contributed by atoms with E-state index in [2.05, 4.69) is 47.6 Å². The van der Waals surface area contributed by atoms with Crippen LogP contribution in [0.1, 0.15) is 72.8 Å². The second kappa shape index (κ2) is 6.89. The number of hydrogen-bond acceptors (Lipinski definition) is 2. The number of benzene rings is 1. The SMILES string of the molecule is CCCC(C)(C)Sc1ccc(O)c(C(C)(C)CCC)c1. The Labute approximate surface area is 129 Å². The van der Waals surface area contributed by atoms with Crippen molar-refractivity contribution in [2.75, 3.05) is 0 Å². The molecule has 1 rings (SSSR count). The van der Waals surface area contributed by atoms with Crippen LogP contribution < -0.4 is 0 Å². The maximum atomic E-state index is 10.2. The van der Waals surface area contributed by atoms with E-state index < -0.39 is 0 Å². The maximum Gasteiger partial charge on any atom is 0.119 e. The van der Waals surface area contributed by atoms with E-state index in [9.17, 15) is 5.11 Å². The van der Waals surface area contributed by atoms with Crippen molar-refractivity contribution in [2.45, 2.75) is 82.3 Å². The Morgan fingerprint density at radius 2 is 1.60 bits per heavy atom. The minimum Gasteiger partial charge on any atom is -0.508 e. The zero-order valence-corrected chi connectivity index (χ0v) is 14.7. The average Bonchev–Trinajstić information content (AvgIpc) is 2.31. The molecule has 20 heavy (non-hydrogen) atoms. The van der Waals surface area contributed by atoms with Gasteiger partial charge in [0.05, 0.1) is 0 Å². The number of phenols is 1. The van der Waals surface area contributed by atoms with Crippen molar-refractivity contribution in [1.29, 1.82) is 0 Å². The van der Waals surface area contributed by atoms with Gasteiger partial charge in [-0.1, -0.05) is 54.4 Å². The molecule has 0 aromatic heterocycles. The summed E-state index contributed by atoms with van der Waals surface area (Å²) >= 11 is 1.92. The summed E-state index contributed by atoms with van der Waals surface area (Å²) in [5.74, 6) is 0.432. The van der Waals surface area contributed by atoms with Crippen LogP contribution in [0.3, 0.4) is 0 Å². The van der Waals surface area contributed by atoms with Gasteiger partial charge in [-0.05, 0) is 36.5 Å². The first kappa shape index (κ1) is 17.4. The molecule has 1 aromatic rings. The van der Waals surface area contributed by atoms with E-state index in [-0.39, 0.29) is 10.2 Å². The molecule has 0 atom stereocenters. The zero-order valence-electron chi connectivity index (χ0n) is 13.9. The van der Waals surface area contributed by atoms with Gasteiger partial charge < -0.3 is 5.11 Å². The highest BCUT2D eigenvalue weighted by atomic mass is 32.2. The van der Waals surface area contributed by atoms with Gasteiger partial charge in [0.2, 0.25) is 0 Å². The van der Waals surface area contributed by atoms with E-state index in [0.717, 1.165) is 18.4 Å². The van der Waals surface area contributed by atoms with Gasteiger partial charge in [-0.15, -0.1) is 11.8 Å². The summed E-state index contributed by atoms with van der Waals surface area (Å²) in [6, 6.07) is 6.09. The molecule has 2 heteroatoms. The standard InChI is InChI=1S/C18H30OS/c1-7-11-17(3,4)15-13-14(9-10-16(15)19)20-18(5,6)12-8-2/h9-10,13,19H,7-8,11-12H2,1-6H3. The smallest absolute Gasteiger partial charge is 0.119 e. The molecule has 1 aromatic carbocycles. The lowest BCUT2D eigenvalue weighted by Gasteiger charge is -2.28. The van der Waals surface area contributed by atoms with Crippen molar-refractivity contribution < 1.29 is 5.11 Å². The fourth-order valence-corrected chi connectivity index (χ4v) is 4.11. The molecule has 0 unspecified atom stereocenters. The monoisotopic (exact) mass is 294 g/mol. The fourth-order valence-electron chi connectivity index (χ4n) is 2.85. The molecule has 0 bridgehead atoms. The summed E-state index contributed by atoms with van der Waals surface area (Å²) in [5.41, 5.74) is 1.11. The number of thioether (sulfide) groups is 1. The van der Waals surface area contributed by atoms with Gasteiger partial charge in [0.1, 0.15) is 5.75 Å². The Hall–Kier alpha value is -0.630. The van der Waals surface area contributed by atoms with Crippen molar-refractivity contribution in [3.63, 3.8) is 0 Å². The van der Waals surface area contributed by atoms with Crippen LogP contribution in [0, 0.1) is 0 Å². The maximum absolute atomic E-state index is 10.2. The molecule has 0 saturated carbocycles. The molecule has 0 aliphatic heterocycles. The van der Waals surface area contributed by atoms with Gasteiger partial charge in [-0.2, -0.15) is 0 Å². The van der Waals surface area contributed by atoms with Crippen LogP contribution in [0.25, 0.3) is 0 Å². The van der Waals surface area contributed by atoms with Gasteiger partial charge in [0, 0.05) is 15.2 Å². The van der Waals surface area contributed by atoms with Crippen molar-refractivity contribution in [3.05, 3.63) is 23.8 Å².